The second-order valence-electron chi connectivity index (χ2n) is 6.70. The maximum atomic E-state index is 6.59. The molecule has 0 saturated heterocycles. The first kappa shape index (κ1) is 13.7. The number of rotatable bonds is 3. The molecule has 0 amide bonds. The molecular formula is C18H26N2. The summed E-state index contributed by atoms with van der Waals surface area (Å²) in [6.07, 6.45) is 7.53. The van der Waals surface area contributed by atoms with Gasteiger partial charge in [0.05, 0.1) is 0 Å². The van der Waals surface area contributed by atoms with Crippen LogP contribution in [0, 0.1) is 5.92 Å². The van der Waals surface area contributed by atoms with Crippen LogP contribution in [0.25, 0.3) is 10.9 Å². The van der Waals surface area contributed by atoms with Crippen LogP contribution >= 0.6 is 0 Å². The Bertz CT molecular complexity index is 603. The third-order valence-electron chi connectivity index (χ3n) is 4.98. The molecule has 0 radical (unpaired) electrons. The Labute approximate surface area is 122 Å². The van der Waals surface area contributed by atoms with Gasteiger partial charge in [-0.3, -0.25) is 0 Å². The maximum Gasteiger partial charge on any atom is 0.0481 e. The summed E-state index contributed by atoms with van der Waals surface area (Å²) in [6, 6.07) is 7.04. The molecule has 3 rings (SSSR count). The highest BCUT2D eigenvalue weighted by Crippen LogP contribution is 2.37. The minimum atomic E-state index is 0.198. The van der Waals surface area contributed by atoms with Crippen molar-refractivity contribution in [3.63, 3.8) is 0 Å². The second kappa shape index (κ2) is 5.25. The van der Waals surface area contributed by atoms with E-state index in [1.54, 1.807) is 0 Å². The second-order valence-corrected chi connectivity index (χ2v) is 6.70. The quantitative estimate of drug-likeness (QED) is 0.875. The molecule has 0 spiro atoms. The number of aryl methyl sites for hydroxylation is 1. The van der Waals surface area contributed by atoms with E-state index in [1.165, 1.54) is 47.7 Å². The Balaban J connectivity index is 2.07. The van der Waals surface area contributed by atoms with E-state index in [2.05, 4.69) is 49.9 Å². The molecule has 2 heteroatoms. The SMILES string of the molecule is CC(C)c1ccc2c(c1)c(C(N)C1CCCC1)cn2C. The lowest BCUT2D eigenvalue weighted by atomic mass is 9.91. The van der Waals surface area contributed by atoms with Gasteiger partial charge in [0.25, 0.3) is 0 Å². The van der Waals surface area contributed by atoms with Crippen molar-refractivity contribution < 1.29 is 0 Å². The van der Waals surface area contributed by atoms with Crippen molar-refractivity contribution in [3.8, 4) is 0 Å². The molecule has 1 atom stereocenters. The Morgan fingerprint density at radius 1 is 1.20 bits per heavy atom. The van der Waals surface area contributed by atoms with Crippen LogP contribution in [0.4, 0.5) is 0 Å². The zero-order valence-electron chi connectivity index (χ0n) is 12.9. The van der Waals surface area contributed by atoms with Gasteiger partial charge in [0.2, 0.25) is 0 Å². The van der Waals surface area contributed by atoms with Gasteiger partial charge in [-0.15, -0.1) is 0 Å². The summed E-state index contributed by atoms with van der Waals surface area (Å²) in [7, 11) is 2.13. The lowest BCUT2D eigenvalue weighted by Crippen LogP contribution is -2.18. The molecule has 1 unspecified atom stereocenters. The lowest BCUT2D eigenvalue weighted by molar-refractivity contribution is 0.446. The monoisotopic (exact) mass is 270 g/mol. The van der Waals surface area contributed by atoms with Crippen LogP contribution in [0.5, 0.6) is 0 Å². The van der Waals surface area contributed by atoms with E-state index in [-0.39, 0.29) is 6.04 Å². The van der Waals surface area contributed by atoms with E-state index in [1.807, 2.05) is 0 Å². The zero-order valence-corrected chi connectivity index (χ0v) is 12.9. The Kier molecular flexibility index (Phi) is 3.59. The van der Waals surface area contributed by atoms with Gasteiger partial charge in [0, 0.05) is 30.2 Å². The molecule has 20 heavy (non-hydrogen) atoms. The van der Waals surface area contributed by atoms with Crippen molar-refractivity contribution in [3.05, 3.63) is 35.5 Å². The van der Waals surface area contributed by atoms with Crippen LogP contribution in [-0.4, -0.2) is 4.57 Å². The number of benzene rings is 1. The van der Waals surface area contributed by atoms with Crippen molar-refractivity contribution in [1.82, 2.24) is 4.57 Å². The first-order valence-electron chi connectivity index (χ1n) is 7.92. The van der Waals surface area contributed by atoms with Crippen LogP contribution in [0.15, 0.2) is 24.4 Å². The first-order valence-corrected chi connectivity index (χ1v) is 7.92. The summed E-state index contributed by atoms with van der Waals surface area (Å²) in [5.41, 5.74) is 10.6. The number of nitrogens with two attached hydrogens (primary N) is 1. The van der Waals surface area contributed by atoms with Gasteiger partial charge in [0.1, 0.15) is 0 Å². The summed E-state index contributed by atoms with van der Waals surface area (Å²) < 4.78 is 2.23. The van der Waals surface area contributed by atoms with Crippen LogP contribution < -0.4 is 5.73 Å². The van der Waals surface area contributed by atoms with Crippen molar-refractivity contribution in [1.29, 1.82) is 0 Å². The van der Waals surface area contributed by atoms with Crippen molar-refractivity contribution in [2.24, 2.45) is 18.7 Å². The van der Waals surface area contributed by atoms with E-state index in [0.717, 1.165) is 0 Å². The van der Waals surface area contributed by atoms with Crippen LogP contribution in [-0.2, 0) is 7.05 Å². The molecule has 1 aliphatic rings. The highest BCUT2D eigenvalue weighted by molar-refractivity contribution is 5.85. The fraction of sp³-hybridized carbons (Fsp3) is 0.556. The summed E-state index contributed by atoms with van der Waals surface area (Å²) in [6.45, 7) is 4.50. The predicted octanol–water partition coefficient (Wildman–Crippen LogP) is 4.49. The molecule has 1 aromatic carbocycles. The molecular weight excluding hydrogens is 244 g/mol. The summed E-state index contributed by atoms with van der Waals surface area (Å²) in [4.78, 5) is 0. The maximum absolute atomic E-state index is 6.59. The molecule has 2 N–H and O–H groups in total. The summed E-state index contributed by atoms with van der Waals surface area (Å²) >= 11 is 0. The number of hydrogen-bond donors (Lipinski definition) is 1. The minimum Gasteiger partial charge on any atom is -0.350 e. The van der Waals surface area contributed by atoms with Gasteiger partial charge in [-0.25, -0.2) is 0 Å². The van der Waals surface area contributed by atoms with Crippen molar-refractivity contribution >= 4 is 10.9 Å². The van der Waals surface area contributed by atoms with E-state index < -0.39 is 0 Å². The summed E-state index contributed by atoms with van der Waals surface area (Å²) in [5, 5.41) is 1.36. The predicted molar refractivity (Wildman–Crippen MR) is 85.9 cm³/mol. The first-order chi connectivity index (χ1) is 9.58. The molecule has 1 heterocycles. The van der Waals surface area contributed by atoms with Crippen molar-refractivity contribution in [2.75, 3.05) is 0 Å². The minimum absolute atomic E-state index is 0.198. The topological polar surface area (TPSA) is 30.9 Å². The largest absolute Gasteiger partial charge is 0.350 e. The molecule has 0 bridgehead atoms. The average molecular weight is 270 g/mol. The summed E-state index contributed by atoms with van der Waals surface area (Å²) in [5.74, 6) is 1.23. The van der Waals surface area contributed by atoms with Crippen LogP contribution in [0.3, 0.4) is 0 Å². The molecule has 1 aromatic heterocycles. The molecule has 2 aromatic rings. The lowest BCUT2D eigenvalue weighted by Gasteiger charge is -2.18. The molecule has 1 aliphatic carbocycles. The molecule has 2 nitrogen and oxygen atoms in total. The fourth-order valence-electron chi connectivity index (χ4n) is 3.64. The molecule has 108 valence electrons. The zero-order chi connectivity index (χ0) is 14.3. The van der Waals surface area contributed by atoms with Crippen LogP contribution in [0.2, 0.25) is 0 Å². The van der Waals surface area contributed by atoms with Gasteiger partial charge < -0.3 is 10.3 Å². The number of hydrogen-bond acceptors (Lipinski definition) is 1. The molecule has 1 fully saturated rings. The average Bonchev–Trinajstić information content (AvgIpc) is 3.06. The standard InChI is InChI=1S/C18H26N2/c1-12(2)14-8-9-17-15(10-14)16(11-20(17)3)18(19)13-6-4-5-7-13/h8-13,18H,4-7,19H2,1-3H3. The highest BCUT2D eigenvalue weighted by Gasteiger charge is 2.25. The highest BCUT2D eigenvalue weighted by atomic mass is 14.9. The van der Waals surface area contributed by atoms with Gasteiger partial charge in [0.15, 0.2) is 0 Å². The van der Waals surface area contributed by atoms with Crippen LogP contribution in [0.1, 0.15) is 62.6 Å². The van der Waals surface area contributed by atoms with E-state index in [9.17, 15) is 0 Å². The fourth-order valence-corrected chi connectivity index (χ4v) is 3.64. The normalized spacial score (nSPS) is 18.2. The van der Waals surface area contributed by atoms with E-state index >= 15 is 0 Å². The van der Waals surface area contributed by atoms with Gasteiger partial charge >= 0.3 is 0 Å². The Morgan fingerprint density at radius 3 is 2.55 bits per heavy atom. The number of fused-ring (bicyclic) bond motifs is 1. The third kappa shape index (κ3) is 2.26. The van der Waals surface area contributed by atoms with Gasteiger partial charge in [-0.1, -0.05) is 32.8 Å². The number of nitrogens with zero attached hydrogens (tertiary/aromatic N) is 1. The molecule has 1 saturated carbocycles. The molecule has 0 aliphatic heterocycles. The number of aromatic nitrogens is 1. The Hall–Kier alpha value is -1.28. The van der Waals surface area contributed by atoms with Crippen molar-refractivity contribution in [2.45, 2.75) is 51.5 Å². The van der Waals surface area contributed by atoms with E-state index in [4.69, 9.17) is 5.73 Å². The smallest absolute Gasteiger partial charge is 0.0481 e. The van der Waals surface area contributed by atoms with Gasteiger partial charge in [-0.2, -0.15) is 0 Å². The third-order valence-corrected chi connectivity index (χ3v) is 4.98. The van der Waals surface area contributed by atoms with Gasteiger partial charge in [-0.05, 0) is 47.9 Å². The Morgan fingerprint density at radius 2 is 1.90 bits per heavy atom. The van der Waals surface area contributed by atoms with E-state index in [0.29, 0.717) is 11.8 Å².